The third-order valence-corrected chi connectivity index (χ3v) is 3.02. The predicted molar refractivity (Wildman–Crippen MR) is 70.7 cm³/mol. The molecule has 2 aromatic rings. The molecule has 19 heavy (non-hydrogen) atoms. The molecule has 2 amide bonds. The number of fused-ring (bicyclic) bond motifs is 2. The van der Waals surface area contributed by atoms with Gasteiger partial charge >= 0.3 is 6.03 Å². The number of hydrogen-bond donors (Lipinski definition) is 3. The summed E-state index contributed by atoms with van der Waals surface area (Å²) in [5, 5.41) is 0. The van der Waals surface area contributed by atoms with Gasteiger partial charge in [0.15, 0.2) is 0 Å². The molecule has 1 heterocycles. The van der Waals surface area contributed by atoms with E-state index in [0.29, 0.717) is 0 Å². The lowest BCUT2D eigenvalue weighted by Gasteiger charge is -2.28. The third-order valence-electron chi connectivity index (χ3n) is 3.02. The first-order chi connectivity index (χ1) is 9.25. The van der Waals surface area contributed by atoms with Crippen LogP contribution in [0.5, 0.6) is 11.5 Å². The first-order valence-electron chi connectivity index (χ1n) is 5.92. The number of urea groups is 1. The molecule has 4 N–H and O–H groups in total. The number of benzene rings is 2. The maximum absolute atomic E-state index is 10.9. The van der Waals surface area contributed by atoms with Crippen molar-refractivity contribution in [3.05, 3.63) is 59.7 Å². The number of nitrogens with two attached hydrogens (primary N) is 1. The predicted octanol–water partition coefficient (Wildman–Crippen LogP) is 2.05. The molecule has 2 aromatic carbocycles. The van der Waals surface area contributed by atoms with Crippen molar-refractivity contribution in [1.29, 1.82) is 0 Å². The summed E-state index contributed by atoms with van der Waals surface area (Å²) in [7, 11) is 0. The van der Waals surface area contributed by atoms with Gasteiger partial charge in [0.25, 0.3) is 0 Å². The molecule has 0 radical (unpaired) electrons. The summed E-state index contributed by atoms with van der Waals surface area (Å²) in [4.78, 5) is 10.9. The summed E-state index contributed by atoms with van der Waals surface area (Å²) in [6, 6.07) is 14.5. The lowest BCUT2D eigenvalue weighted by Crippen LogP contribution is -2.44. The molecule has 5 heteroatoms. The zero-order valence-corrected chi connectivity index (χ0v) is 10.1. The van der Waals surface area contributed by atoms with Crippen LogP contribution in [0.4, 0.5) is 4.79 Å². The number of nitrogens with one attached hydrogen (secondary N) is 2. The number of rotatable bonds is 2. The highest BCUT2D eigenvalue weighted by molar-refractivity contribution is 5.71. The fourth-order valence-electron chi connectivity index (χ4n) is 2.21. The summed E-state index contributed by atoms with van der Waals surface area (Å²) in [6.07, 6.45) is 0. The Morgan fingerprint density at radius 2 is 1.53 bits per heavy atom. The third kappa shape index (κ3) is 2.11. The molecular formula is C14H13N3O2. The average Bonchev–Trinajstić information content (AvgIpc) is 2.43. The molecule has 0 spiro atoms. The van der Waals surface area contributed by atoms with E-state index >= 15 is 0 Å². The SMILES string of the molecule is NC(=O)NNC1c2ccccc2Oc2ccccc21. The molecule has 0 saturated heterocycles. The molecule has 0 unspecified atom stereocenters. The van der Waals surface area contributed by atoms with Gasteiger partial charge in [-0.1, -0.05) is 36.4 Å². The van der Waals surface area contributed by atoms with Gasteiger partial charge in [0.05, 0.1) is 6.04 Å². The van der Waals surface area contributed by atoms with Crippen molar-refractivity contribution in [2.45, 2.75) is 6.04 Å². The Labute approximate surface area is 110 Å². The lowest BCUT2D eigenvalue weighted by molar-refractivity contribution is 0.242. The molecule has 96 valence electrons. The van der Waals surface area contributed by atoms with Crippen molar-refractivity contribution < 1.29 is 9.53 Å². The van der Waals surface area contributed by atoms with Gasteiger partial charge in [0.2, 0.25) is 0 Å². The first kappa shape index (κ1) is 11.6. The van der Waals surface area contributed by atoms with Crippen LogP contribution in [0.2, 0.25) is 0 Å². The highest BCUT2D eigenvalue weighted by Crippen LogP contribution is 2.41. The van der Waals surface area contributed by atoms with Crippen molar-refractivity contribution >= 4 is 6.03 Å². The van der Waals surface area contributed by atoms with Crippen LogP contribution in [-0.4, -0.2) is 6.03 Å². The normalized spacial score (nSPS) is 13.1. The molecule has 0 aromatic heterocycles. The largest absolute Gasteiger partial charge is 0.457 e. The number of para-hydroxylation sites is 2. The second kappa shape index (κ2) is 4.62. The van der Waals surface area contributed by atoms with E-state index in [0.717, 1.165) is 22.6 Å². The van der Waals surface area contributed by atoms with E-state index in [1.165, 1.54) is 0 Å². The molecule has 0 saturated carbocycles. The van der Waals surface area contributed by atoms with Gasteiger partial charge in [0, 0.05) is 11.1 Å². The van der Waals surface area contributed by atoms with Crippen molar-refractivity contribution in [2.24, 2.45) is 5.73 Å². The van der Waals surface area contributed by atoms with Crippen LogP contribution in [0.3, 0.4) is 0 Å². The van der Waals surface area contributed by atoms with Gasteiger partial charge in [-0.2, -0.15) is 0 Å². The van der Waals surface area contributed by atoms with Crippen LogP contribution in [0, 0.1) is 0 Å². The van der Waals surface area contributed by atoms with Gasteiger partial charge in [-0.15, -0.1) is 0 Å². The van der Waals surface area contributed by atoms with E-state index in [9.17, 15) is 4.79 Å². The zero-order valence-electron chi connectivity index (χ0n) is 10.1. The standard InChI is InChI=1S/C14H13N3O2/c15-14(18)17-16-13-9-5-1-3-7-11(9)19-12-8-4-2-6-10(12)13/h1-8,13,16H,(H3,15,17,18). The topological polar surface area (TPSA) is 76.4 Å². The minimum atomic E-state index is -0.624. The van der Waals surface area contributed by atoms with E-state index in [2.05, 4.69) is 10.9 Å². The molecule has 1 aliphatic heterocycles. The Morgan fingerprint density at radius 1 is 1.00 bits per heavy atom. The van der Waals surface area contributed by atoms with Gasteiger partial charge in [-0.05, 0) is 12.1 Å². The van der Waals surface area contributed by atoms with Gasteiger partial charge < -0.3 is 10.5 Å². The van der Waals surface area contributed by atoms with E-state index < -0.39 is 6.03 Å². The number of amides is 2. The van der Waals surface area contributed by atoms with Crippen LogP contribution in [-0.2, 0) is 0 Å². The first-order valence-corrected chi connectivity index (χ1v) is 5.92. The zero-order chi connectivity index (χ0) is 13.2. The Morgan fingerprint density at radius 3 is 2.05 bits per heavy atom. The van der Waals surface area contributed by atoms with Crippen molar-refractivity contribution in [3.63, 3.8) is 0 Å². The summed E-state index contributed by atoms with van der Waals surface area (Å²) >= 11 is 0. The molecule has 5 nitrogen and oxygen atoms in total. The van der Waals surface area contributed by atoms with Gasteiger partial charge in [0.1, 0.15) is 11.5 Å². The Balaban J connectivity index is 2.03. The van der Waals surface area contributed by atoms with Crippen molar-refractivity contribution in [3.8, 4) is 11.5 Å². The van der Waals surface area contributed by atoms with Crippen molar-refractivity contribution in [1.82, 2.24) is 10.9 Å². The lowest BCUT2D eigenvalue weighted by atomic mass is 9.95. The minimum absolute atomic E-state index is 0.186. The molecule has 0 aliphatic carbocycles. The summed E-state index contributed by atoms with van der Waals surface area (Å²) in [5.74, 6) is 1.54. The summed E-state index contributed by atoms with van der Waals surface area (Å²) in [6.45, 7) is 0. The van der Waals surface area contributed by atoms with E-state index in [1.54, 1.807) is 0 Å². The molecular weight excluding hydrogens is 242 g/mol. The molecule has 0 fully saturated rings. The molecule has 0 bridgehead atoms. The highest BCUT2D eigenvalue weighted by atomic mass is 16.5. The number of hydrogen-bond acceptors (Lipinski definition) is 3. The molecule has 3 rings (SSSR count). The highest BCUT2D eigenvalue weighted by Gasteiger charge is 2.26. The van der Waals surface area contributed by atoms with E-state index in [1.807, 2.05) is 48.5 Å². The Hall–Kier alpha value is -2.53. The molecule has 1 aliphatic rings. The fourth-order valence-corrected chi connectivity index (χ4v) is 2.21. The Bertz CT molecular complexity index is 582. The van der Waals surface area contributed by atoms with Gasteiger partial charge in [-0.25, -0.2) is 10.2 Å². The van der Waals surface area contributed by atoms with Crippen LogP contribution >= 0.6 is 0 Å². The van der Waals surface area contributed by atoms with Crippen LogP contribution in [0.15, 0.2) is 48.5 Å². The van der Waals surface area contributed by atoms with Crippen LogP contribution in [0.25, 0.3) is 0 Å². The average molecular weight is 255 g/mol. The second-order valence-corrected chi connectivity index (χ2v) is 4.24. The summed E-state index contributed by atoms with van der Waals surface area (Å²) in [5.41, 5.74) is 12.4. The van der Waals surface area contributed by atoms with Crippen molar-refractivity contribution in [2.75, 3.05) is 0 Å². The second-order valence-electron chi connectivity index (χ2n) is 4.24. The monoisotopic (exact) mass is 255 g/mol. The van der Waals surface area contributed by atoms with E-state index in [-0.39, 0.29) is 6.04 Å². The van der Waals surface area contributed by atoms with Gasteiger partial charge in [-0.3, -0.25) is 5.43 Å². The Kier molecular flexibility index (Phi) is 2.81. The minimum Gasteiger partial charge on any atom is -0.457 e. The fraction of sp³-hybridized carbons (Fsp3) is 0.0714. The number of carbonyl (C=O) groups excluding carboxylic acids is 1. The number of hydrazine groups is 1. The van der Waals surface area contributed by atoms with Crippen LogP contribution in [0.1, 0.15) is 17.2 Å². The maximum Gasteiger partial charge on any atom is 0.326 e. The summed E-state index contributed by atoms with van der Waals surface area (Å²) < 4.78 is 5.83. The van der Waals surface area contributed by atoms with Crippen LogP contribution < -0.4 is 21.3 Å². The van der Waals surface area contributed by atoms with E-state index in [4.69, 9.17) is 10.5 Å². The number of carbonyl (C=O) groups is 1. The number of ether oxygens (including phenoxy) is 1. The quantitative estimate of drug-likeness (QED) is 0.719. The molecule has 0 atom stereocenters. The maximum atomic E-state index is 10.9. The smallest absolute Gasteiger partial charge is 0.326 e. The number of primary amides is 1.